The summed E-state index contributed by atoms with van der Waals surface area (Å²) in [6, 6.07) is 8.50. The van der Waals surface area contributed by atoms with Crippen LogP contribution >= 0.6 is 0 Å². The van der Waals surface area contributed by atoms with Crippen LogP contribution in [0.5, 0.6) is 0 Å². The van der Waals surface area contributed by atoms with Gasteiger partial charge in [-0.05, 0) is 18.4 Å². The Kier molecular flexibility index (Phi) is 6.78. The largest absolute Gasteiger partial charge is 0.481 e. The molecule has 6 heteroatoms. The van der Waals surface area contributed by atoms with E-state index >= 15 is 0 Å². The van der Waals surface area contributed by atoms with Crippen molar-refractivity contribution < 1.29 is 19.5 Å². The van der Waals surface area contributed by atoms with Crippen molar-refractivity contribution in [2.24, 2.45) is 0 Å². The van der Waals surface area contributed by atoms with Crippen LogP contribution in [0.2, 0.25) is 0 Å². The van der Waals surface area contributed by atoms with Crippen LogP contribution in [-0.4, -0.2) is 40.9 Å². The number of hydrogen-bond acceptors (Lipinski definition) is 3. The van der Waals surface area contributed by atoms with Gasteiger partial charge in [-0.3, -0.25) is 14.4 Å². The van der Waals surface area contributed by atoms with E-state index in [1.165, 1.54) is 0 Å². The van der Waals surface area contributed by atoms with Crippen molar-refractivity contribution in [3.05, 3.63) is 35.9 Å². The molecule has 2 N–H and O–H groups in total. The Hall–Kier alpha value is -2.37. The van der Waals surface area contributed by atoms with Crippen LogP contribution in [0.15, 0.2) is 30.3 Å². The number of carbonyl (C=O) groups is 3. The molecule has 1 heterocycles. The highest BCUT2D eigenvalue weighted by molar-refractivity contribution is 5.80. The van der Waals surface area contributed by atoms with Gasteiger partial charge < -0.3 is 15.3 Å². The molecular weight excluding hydrogens is 308 g/mol. The summed E-state index contributed by atoms with van der Waals surface area (Å²) in [5, 5.41) is 11.8. The molecule has 1 aliphatic rings. The number of amides is 2. The molecule has 1 aromatic carbocycles. The lowest BCUT2D eigenvalue weighted by molar-refractivity contribution is -0.137. The third-order valence-corrected chi connectivity index (χ3v) is 4.20. The molecule has 1 fully saturated rings. The Bertz CT molecular complexity index is 574. The van der Waals surface area contributed by atoms with Crippen molar-refractivity contribution in [1.82, 2.24) is 10.2 Å². The SMILES string of the molecule is O=C(O)CC(NC(=O)CCN1CCCCCC1=O)c1ccccc1. The van der Waals surface area contributed by atoms with E-state index in [2.05, 4.69) is 5.32 Å². The Labute approximate surface area is 141 Å². The van der Waals surface area contributed by atoms with Gasteiger partial charge in [-0.2, -0.15) is 0 Å². The number of rotatable bonds is 7. The Morgan fingerprint density at radius 1 is 1.17 bits per heavy atom. The van der Waals surface area contributed by atoms with Crippen molar-refractivity contribution >= 4 is 17.8 Å². The van der Waals surface area contributed by atoms with E-state index in [0.29, 0.717) is 19.5 Å². The van der Waals surface area contributed by atoms with Crippen molar-refractivity contribution in [3.8, 4) is 0 Å². The summed E-state index contributed by atoms with van der Waals surface area (Å²) in [7, 11) is 0. The van der Waals surface area contributed by atoms with Crippen molar-refractivity contribution in [2.75, 3.05) is 13.1 Å². The van der Waals surface area contributed by atoms with E-state index in [1.807, 2.05) is 18.2 Å². The Balaban J connectivity index is 1.90. The molecule has 1 aromatic rings. The fourth-order valence-corrected chi connectivity index (χ4v) is 2.89. The number of carbonyl (C=O) groups excluding carboxylic acids is 2. The average molecular weight is 332 g/mol. The molecule has 0 radical (unpaired) electrons. The van der Waals surface area contributed by atoms with Gasteiger partial charge in [-0.1, -0.05) is 36.8 Å². The molecule has 1 aliphatic heterocycles. The summed E-state index contributed by atoms with van der Waals surface area (Å²) < 4.78 is 0. The minimum absolute atomic E-state index is 0.102. The van der Waals surface area contributed by atoms with Gasteiger partial charge in [0.15, 0.2) is 0 Å². The van der Waals surface area contributed by atoms with E-state index in [-0.39, 0.29) is 24.7 Å². The molecule has 130 valence electrons. The highest BCUT2D eigenvalue weighted by atomic mass is 16.4. The van der Waals surface area contributed by atoms with Crippen molar-refractivity contribution in [2.45, 2.75) is 44.6 Å². The monoisotopic (exact) mass is 332 g/mol. The van der Waals surface area contributed by atoms with Gasteiger partial charge in [-0.15, -0.1) is 0 Å². The van der Waals surface area contributed by atoms with Crippen LogP contribution in [0.4, 0.5) is 0 Å². The molecule has 0 aliphatic carbocycles. The second-order valence-electron chi connectivity index (χ2n) is 6.07. The van der Waals surface area contributed by atoms with Crippen LogP contribution in [0.1, 0.15) is 50.1 Å². The maximum atomic E-state index is 12.2. The molecule has 2 amide bonds. The fourth-order valence-electron chi connectivity index (χ4n) is 2.89. The predicted molar refractivity (Wildman–Crippen MR) is 89.2 cm³/mol. The summed E-state index contributed by atoms with van der Waals surface area (Å²) in [5.74, 6) is -1.10. The van der Waals surface area contributed by atoms with Crippen LogP contribution < -0.4 is 5.32 Å². The lowest BCUT2D eigenvalue weighted by atomic mass is 10.0. The summed E-state index contributed by atoms with van der Waals surface area (Å²) in [6.07, 6.45) is 3.50. The highest BCUT2D eigenvalue weighted by Crippen LogP contribution is 2.17. The summed E-state index contributed by atoms with van der Waals surface area (Å²) >= 11 is 0. The molecule has 6 nitrogen and oxygen atoms in total. The number of nitrogens with one attached hydrogen (secondary N) is 1. The number of likely N-dealkylation sites (tertiary alicyclic amines) is 1. The minimum Gasteiger partial charge on any atom is -0.481 e. The number of carboxylic acid groups (broad SMARTS) is 1. The van der Waals surface area contributed by atoms with Gasteiger partial charge in [0, 0.05) is 25.9 Å². The van der Waals surface area contributed by atoms with Gasteiger partial charge in [-0.25, -0.2) is 0 Å². The number of nitrogens with zero attached hydrogens (tertiary/aromatic N) is 1. The lowest BCUT2D eigenvalue weighted by Crippen LogP contribution is -2.36. The Morgan fingerprint density at radius 3 is 2.62 bits per heavy atom. The third-order valence-electron chi connectivity index (χ3n) is 4.20. The molecule has 24 heavy (non-hydrogen) atoms. The van der Waals surface area contributed by atoms with Gasteiger partial charge in [0.2, 0.25) is 11.8 Å². The van der Waals surface area contributed by atoms with Gasteiger partial charge >= 0.3 is 5.97 Å². The minimum atomic E-state index is -0.966. The van der Waals surface area contributed by atoms with E-state index in [9.17, 15) is 14.4 Å². The number of carboxylic acids is 1. The zero-order chi connectivity index (χ0) is 17.4. The topological polar surface area (TPSA) is 86.7 Å². The molecule has 1 atom stereocenters. The zero-order valence-corrected chi connectivity index (χ0v) is 13.7. The first-order valence-corrected chi connectivity index (χ1v) is 8.40. The van der Waals surface area contributed by atoms with Gasteiger partial charge in [0.1, 0.15) is 0 Å². The highest BCUT2D eigenvalue weighted by Gasteiger charge is 2.20. The zero-order valence-electron chi connectivity index (χ0n) is 13.7. The molecule has 0 saturated carbocycles. The molecule has 0 bridgehead atoms. The van der Waals surface area contributed by atoms with Crippen LogP contribution in [-0.2, 0) is 14.4 Å². The smallest absolute Gasteiger partial charge is 0.305 e. The van der Waals surface area contributed by atoms with E-state index in [4.69, 9.17) is 5.11 Å². The van der Waals surface area contributed by atoms with E-state index in [0.717, 1.165) is 24.8 Å². The Morgan fingerprint density at radius 2 is 1.92 bits per heavy atom. The maximum Gasteiger partial charge on any atom is 0.305 e. The second-order valence-corrected chi connectivity index (χ2v) is 6.07. The number of benzene rings is 1. The first kappa shape index (κ1) is 18.0. The lowest BCUT2D eigenvalue weighted by Gasteiger charge is -2.22. The molecule has 0 aromatic heterocycles. The number of hydrogen-bond donors (Lipinski definition) is 2. The first-order chi connectivity index (χ1) is 11.6. The second kappa shape index (κ2) is 9.05. The van der Waals surface area contributed by atoms with Crippen molar-refractivity contribution in [3.63, 3.8) is 0 Å². The quantitative estimate of drug-likeness (QED) is 0.800. The standard InChI is InChI=1S/C18H24N2O4/c21-16(10-12-20-11-6-2-5-9-17(20)22)19-15(13-18(23)24)14-7-3-1-4-8-14/h1,3-4,7-8,15H,2,5-6,9-13H2,(H,19,21)(H,23,24). The summed E-state index contributed by atoms with van der Waals surface area (Å²) in [6.45, 7) is 1.09. The fraction of sp³-hybridized carbons (Fsp3) is 0.500. The van der Waals surface area contributed by atoms with Gasteiger partial charge in [0.05, 0.1) is 12.5 Å². The van der Waals surface area contributed by atoms with Crippen LogP contribution in [0.3, 0.4) is 0 Å². The first-order valence-electron chi connectivity index (χ1n) is 8.40. The molecule has 1 saturated heterocycles. The molecular formula is C18H24N2O4. The predicted octanol–water partition coefficient (Wildman–Crippen LogP) is 2.11. The van der Waals surface area contributed by atoms with Crippen LogP contribution in [0, 0.1) is 0 Å². The maximum absolute atomic E-state index is 12.2. The van der Waals surface area contributed by atoms with Gasteiger partial charge in [0.25, 0.3) is 0 Å². The van der Waals surface area contributed by atoms with Crippen molar-refractivity contribution in [1.29, 1.82) is 0 Å². The van der Waals surface area contributed by atoms with E-state index < -0.39 is 12.0 Å². The molecule has 2 rings (SSSR count). The normalized spacial score (nSPS) is 16.3. The summed E-state index contributed by atoms with van der Waals surface area (Å²) in [5.41, 5.74) is 0.763. The third kappa shape index (κ3) is 5.68. The van der Waals surface area contributed by atoms with E-state index in [1.54, 1.807) is 17.0 Å². The summed E-state index contributed by atoms with van der Waals surface area (Å²) in [4.78, 5) is 36.9. The average Bonchev–Trinajstić information content (AvgIpc) is 2.77. The number of aliphatic carboxylic acids is 1. The molecule has 1 unspecified atom stereocenters. The van der Waals surface area contributed by atoms with Crippen LogP contribution in [0.25, 0.3) is 0 Å². The molecule has 0 spiro atoms.